The highest BCUT2D eigenvalue weighted by atomic mass is 16.5. The van der Waals surface area contributed by atoms with Crippen molar-refractivity contribution in [3.63, 3.8) is 0 Å². The lowest BCUT2D eigenvalue weighted by Crippen LogP contribution is -2.27. The van der Waals surface area contributed by atoms with Crippen molar-refractivity contribution in [2.75, 3.05) is 33.9 Å². The van der Waals surface area contributed by atoms with E-state index in [4.69, 9.17) is 9.47 Å². The summed E-state index contributed by atoms with van der Waals surface area (Å²) in [7, 11) is 3.47. The summed E-state index contributed by atoms with van der Waals surface area (Å²) in [6.45, 7) is 4.85. The predicted octanol–water partition coefficient (Wildman–Crippen LogP) is 2.11. The highest BCUT2D eigenvalue weighted by molar-refractivity contribution is 5.33. The molecule has 0 heterocycles. The van der Waals surface area contributed by atoms with Crippen LogP contribution in [0.3, 0.4) is 0 Å². The molecule has 3 heteroatoms. The van der Waals surface area contributed by atoms with E-state index in [-0.39, 0.29) is 0 Å². The first-order valence-corrected chi connectivity index (χ1v) is 6.13. The summed E-state index contributed by atoms with van der Waals surface area (Å²) in [5.74, 6) is 1.45. The molecule has 1 unspecified atom stereocenters. The molecule has 0 saturated heterocycles. The van der Waals surface area contributed by atoms with Crippen LogP contribution >= 0.6 is 0 Å². The molecule has 96 valence electrons. The Morgan fingerprint density at radius 2 is 2.00 bits per heavy atom. The Bertz CT molecular complexity index is 315. The van der Waals surface area contributed by atoms with Gasteiger partial charge in [0.25, 0.3) is 0 Å². The summed E-state index contributed by atoms with van der Waals surface area (Å²) >= 11 is 0. The van der Waals surface area contributed by atoms with Gasteiger partial charge in [0.15, 0.2) is 0 Å². The molecule has 0 saturated carbocycles. The highest BCUT2D eigenvalue weighted by Gasteiger charge is 2.11. The van der Waals surface area contributed by atoms with Crippen LogP contribution in [0, 0.1) is 5.92 Å². The van der Waals surface area contributed by atoms with Crippen LogP contribution in [0.1, 0.15) is 12.5 Å². The van der Waals surface area contributed by atoms with Crippen LogP contribution in [0.2, 0.25) is 0 Å². The molecule has 1 aromatic rings. The summed E-state index contributed by atoms with van der Waals surface area (Å²) in [6, 6.07) is 8.17. The molecule has 0 fully saturated rings. The van der Waals surface area contributed by atoms with E-state index in [2.05, 4.69) is 24.4 Å². The van der Waals surface area contributed by atoms with Crippen molar-refractivity contribution >= 4 is 0 Å². The lowest BCUT2D eigenvalue weighted by Gasteiger charge is -2.17. The number of methoxy groups -OCH3 is 2. The summed E-state index contributed by atoms with van der Waals surface area (Å²) in [4.78, 5) is 0. The van der Waals surface area contributed by atoms with Gasteiger partial charge in [-0.25, -0.2) is 0 Å². The number of hydrogen-bond acceptors (Lipinski definition) is 3. The fraction of sp³-hybridized carbons (Fsp3) is 0.571. The Morgan fingerprint density at radius 3 is 2.65 bits per heavy atom. The van der Waals surface area contributed by atoms with Crippen molar-refractivity contribution in [3.05, 3.63) is 29.8 Å². The van der Waals surface area contributed by atoms with E-state index < -0.39 is 0 Å². The molecule has 1 rings (SSSR count). The van der Waals surface area contributed by atoms with Gasteiger partial charge in [-0.2, -0.15) is 0 Å². The lowest BCUT2D eigenvalue weighted by molar-refractivity contribution is 0.151. The normalized spacial score (nSPS) is 12.4. The van der Waals surface area contributed by atoms with Crippen molar-refractivity contribution in [2.24, 2.45) is 5.92 Å². The average Bonchev–Trinajstić information content (AvgIpc) is 2.37. The van der Waals surface area contributed by atoms with Gasteiger partial charge in [0, 0.05) is 13.7 Å². The lowest BCUT2D eigenvalue weighted by atomic mass is 9.99. The van der Waals surface area contributed by atoms with Crippen molar-refractivity contribution in [3.8, 4) is 5.75 Å². The molecule has 1 atom stereocenters. The minimum absolute atomic E-state index is 0.483. The Balaban J connectivity index is 2.63. The molecule has 0 aliphatic carbocycles. The zero-order chi connectivity index (χ0) is 12.5. The predicted molar refractivity (Wildman–Crippen MR) is 70.6 cm³/mol. The summed E-state index contributed by atoms with van der Waals surface area (Å²) in [6.07, 6.45) is 0.977. The molecule has 0 radical (unpaired) electrons. The molecule has 0 aliphatic heterocycles. The summed E-state index contributed by atoms with van der Waals surface area (Å²) in [5.41, 5.74) is 1.25. The molecular weight excluding hydrogens is 214 g/mol. The molecule has 3 nitrogen and oxygen atoms in total. The van der Waals surface area contributed by atoms with Gasteiger partial charge in [0.1, 0.15) is 5.75 Å². The molecule has 0 aliphatic rings. The quantitative estimate of drug-likeness (QED) is 0.751. The van der Waals surface area contributed by atoms with E-state index in [9.17, 15) is 0 Å². The van der Waals surface area contributed by atoms with Gasteiger partial charge in [0.2, 0.25) is 0 Å². The Labute approximate surface area is 104 Å². The third kappa shape index (κ3) is 4.75. The van der Waals surface area contributed by atoms with Crippen LogP contribution in [0.15, 0.2) is 24.3 Å². The third-order valence-electron chi connectivity index (χ3n) is 2.79. The standard InChI is InChI=1S/C14H23NO2/c1-4-15-10-12(11-16-2)9-13-7-5-6-8-14(13)17-3/h5-8,12,15H,4,9-11H2,1-3H3. The fourth-order valence-corrected chi connectivity index (χ4v) is 1.96. The third-order valence-corrected chi connectivity index (χ3v) is 2.79. The van der Waals surface area contributed by atoms with Gasteiger partial charge in [0.05, 0.1) is 13.7 Å². The fourth-order valence-electron chi connectivity index (χ4n) is 1.96. The van der Waals surface area contributed by atoms with Crippen molar-refractivity contribution in [2.45, 2.75) is 13.3 Å². The number of ether oxygens (including phenoxy) is 2. The largest absolute Gasteiger partial charge is 0.496 e. The molecule has 0 bridgehead atoms. The van der Waals surface area contributed by atoms with Crippen LogP contribution in [0.5, 0.6) is 5.75 Å². The van der Waals surface area contributed by atoms with Gasteiger partial charge < -0.3 is 14.8 Å². The number of nitrogens with one attached hydrogen (secondary N) is 1. The minimum atomic E-state index is 0.483. The van der Waals surface area contributed by atoms with Gasteiger partial charge in [-0.05, 0) is 30.5 Å². The van der Waals surface area contributed by atoms with E-state index in [1.54, 1.807) is 14.2 Å². The van der Waals surface area contributed by atoms with Crippen molar-refractivity contribution in [1.82, 2.24) is 5.32 Å². The first-order valence-electron chi connectivity index (χ1n) is 6.13. The van der Waals surface area contributed by atoms with Crippen molar-refractivity contribution < 1.29 is 9.47 Å². The van der Waals surface area contributed by atoms with Gasteiger partial charge in [-0.1, -0.05) is 25.1 Å². The summed E-state index contributed by atoms with van der Waals surface area (Å²) in [5, 5.41) is 3.37. The molecule has 17 heavy (non-hydrogen) atoms. The topological polar surface area (TPSA) is 30.5 Å². The second kappa shape index (κ2) is 8.09. The van der Waals surface area contributed by atoms with Crippen LogP contribution in [-0.2, 0) is 11.2 Å². The molecule has 0 aromatic heterocycles. The first-order chi connectivity index (χ1) is 8.31. The average molecular weight is 237 g/mol. The van der Waals surface area contributed by atoms with E-state index in [0.717, 1.165) is 31.9 Å². The van der Waals surface area contributed by atoms with E-state index >= 15 is 0 Å². The number of para-hydroxylation sites is 1. The highest BCUT2D eigenvalue weighted by Crippen LogP contribution is 2.20. The molecule has 1 N–H and O–H groups in total. The maximum absolute atomic E-state index is 5.37. The van der Waals surface area contributed by atoms with Crippen molar-refractivity contribution in [1.29, 1.82) is 0 Å². The smallest absolute Gasteiger partial charge is 0.122 e. The minimum Gasteiger partial charge on any atom is -0.496 e. The zero-order valence-corrected chi connectivity index (χ0v) is 11.0. The maximum Gasteiger partial charge on any atom is 0.122 e. The van der Waals surface area contributed by atoms with Gasteiger partial charge in [-0.15, -0.1) is 0 Å². The van der Waals surface area contributed by atoms with E-state index in [0.29, 0.717) is 5.92 Å². The van der Waals surface area contributed by atoms with Crippen LogP contribution in [0.4, 0.5) is 0 Å². The molecule has 0 spiro atoms. The first kappa shape index (κ1) is 14.0. The second-order valence-corrected chi connectivity index (χ2v) is 4.15. The number of rotatable bonds is 8. The Hall–Kier alpha value is -1.06. The van der Waals surface area contributed by atoms with Crippen LogP contribution in [0.25, 0.3) is 0 Å². The van der Waals surface area contributed by atoms with E-state index in [1.165, 1.54) is 5.56 Å². The number of benzene rings is 1. The second-order valence-electron chi connectivity index (χ2n) is 4.15. The molecular formula is C14H23NO2. The molecule has 0 amide bonds. The van der Waals surface area contributed by atoms with E-state index in [1.807, 2.05) is 12.1 Å². The van der Waals surface area contributed by atoms with Gasteiger partial charge >= 0.3 is 0 Å². The zero-order valence-electron chi connectivity index (χ0n) is 11.0. The molecule has 1 aromatic carbocycles. The summed E-state index contributed by atoms with van der Waals surface area (Å²) < 4.78 is 10.6. The number of hydrogen-bond donors (Lipinski definition) is 1. The van der Waals surface area contributed by atoms with Crippen LogP contribution in [-0.4, -0.2) is 33.9 Å². The van der Waals surface area contributed by atoms with Crippen LogP contribution < -0.4 is 10.1 Å². The monoisotopic (exact) mass is 237 g/mol. The Morgan fingerprint density at radius 1 is 1.24 bits per heavy atom. The Kier molecular flexibility index (Phi) is 6.67. The maximum atomic E-state index is 5.37. The van der Waals surface area contributed by atoms with Gasteiger partial charge in [-0.3, -0.25) is 0 Å². The SMILES string of the molecule is CCNCC(COC)Cc1ccccc1OC.